The number of halogens is 2. The van der Waals surface area contributed by atoms with Gasteiger partial charge >= 0.3 is 12.0 Å². The van der Waals surface area contributed by atoms with Gasteiger partial charge in [0.1, 0.15) is 5.41 Å². The third-order valence-corrected chi connectivity index (χ3v) is 5.88. The number of hydrazone groups is 1. The zero-order chi connectivity index (χ0) is 23.1. The van der Waals surface area contributed by atoms with Gasteiger partial charge in [0.15, 0.2) is 0 Å². The number of ether oxygens (including phenoxy) is 1. The second-order valence-corrected chi connectivity index (χ2v) is 8.62. The van der Waals surface area contributed by atoms with Crippen LogP contribution in [0.15, 0.2) is 58.1 Å². The molecule has 9 heteroatoms. The smallest absolute Gasteiger partial charge is 0.342 e. The first-order valence-corrected chi connectivity index (χ1v) is 11.3. The zero-order valence-corrected chi connectivity index (χ0v) is 19.8. The highest BCUT2D eigenvalue weighted by Crippen LogP contribution is 2.38. The molecule has 166 valence electrons. The Kier molecular flexibility index (Phi) is 7.89. The summed E-state index contributed by atoms with van der Waals surface area (Å²) in [7, 11) is 0. The van der Waals surface area contributed by atoms with E-state index in [9.17, 15) is 9.59 Å². The molecule has 2 aromatic carbocycles. The molecule has 0 bridgehead atoms. The number of anilines is 1. The topological polar surface area (TPSA) is 94.8 Å². The Morgan fingerprint density at radius 1 is 1.25 bits per heavy atom. The fourth-order valence-electron chi connectivity index (χ4n) is 3.56. The van der Waals surface area contributed by atoms with Crippen molar-refractivity contribution in [2.75, 3.05) is 18.5 Å². The minimum atomic E-state index is -1.18. The molecule has 0 aromatic heterocycles. The summed E-state index contributed by atoms with van der Waals surface area (Å²) in [6, 6.07) is 15.7. The predicted molar refractivity (Wildman–Crippen MR) is 126 cm³/mol. The maximum absolute atomic E-state index is 13.2. The normalized spacial score (nSPS) is 17.4. The van der Waals surface area contributed by atoms with Crippen LogP contribution in [-0.4, -0.2) is 35.9 Å². The van der Waals surface area contributed by atoms with E-state index in [-0.39, 0.29) is 19.6 Å². The van der Waals surface area contributed by atoms with Gasteiger partial charge in [-0.3, -0.25) is 4.79 Å². The van der Waals surface area contributed by atoms with Gasteiger partial charge < -0.3 is 10.1 Å². The van der Waals surface area contributed by atoms with Crippen LogP contribution in [0.2, 0.25) is 5.02 Å². The van der Waals surface area contributed by atoms with E-state index in [1.807, 2.05) is 12.1 Å². The molecule has 32 heavy (non-hydrogen) atoms. The number of hydrogen-bond donors (Lipinski definition) is 1. The standard InChI is InChI=1S/C23H22BrClN4O3/c1-2-32-21(30)23(13-3-4-14-26)15-29(22(31)27-19-11-7-17(24)8-12-19)28-20(23)16-5-9-18(25)10-6-16/h5-12H,2-4,13,15H2,1H3,(H,27,31). The summed E-state index contributed by atoms with van der Waals surface area (Å²) in [5, 5.41) is 18.1. The molecule has 1 atom stereocenters. The summed E-state index contributed by atoms with van der Waals surface area (Å²) in [5.74, 6) is -0.467. The Morgan fingerprint density at radius 2 is 1.94 bits per heavy atom. The predicted octanol–water partition coefficient (Wildman–Crippen LogP) is 5.60. The number of nitrogens with one attached hydrogen (secondary N) is 1. The van der Waals surface area contributed by atoms with Crippen LogP contribution in [-0.2, 0) is 9.53 Å². The van der Waals surface area contributed by atoms with Gasteiger partial charge in [-0.1, -0.05) is 39.7 Å². The van der Waals surface area contributed by atoms with E-state index in [0.29, 0.717) is 34.8 Å². The molecular weight excluding hydrogens is 496 g/mol. The summed E-state index contributed by atoms with van der Waals surface area (Å²) in [4.78, 5) is 26.2. The van der Waals surface area contributed by atoms with Crippen molar-refractivity contribution in [1.82, 2.24) is 5.01 Å². The molecule has 0 radical (unpaired) electrons. The lowest BCUT2D eigenvalue weighted by molar-refractivity contribution is -0.151. The van der Waals surface area contributed by atoms with E-state index in [4.69, 9.17) is 21.6 Å². The van der Waals surface area contributed by atoms with Gasteiger partial charge in [0, 0.05) is 21.6 Å². The number of rotatable bonds is 7. The number of carbonyl (C=O) groups excluding carboxylic acids is 2. The van der Waals surface area contributed by atoms with Gasteiger partial charge in [-0.05, 0) is 61.7 Å². The highest BCUT2D eigenvalue weighted by atomic mass is 79.9. The number of amides is 2. The van der Waals surface area contributed by atoms with Crippen LogP contribution in [0, 0.1) is 16.7 Å². The molecule has 0 saturated carbocycles. The van der Waals surface area contributed by atoms with Gasteiger partial charge in [0.2, 0.25) is 0 Å². The van der Waals surface area contributed by atoms with Gasteiger partial charge in [0.05, 0.1) is 24.9 Å². The molecule has 2 aromatic rings. The molecule has 1 heterocycles. The molecule has 0 aliphatic carbocycles. The van der Waals surface area contributed by atoms with Crippen molar-refractivity contribution in [2.24, 2.45) is 10.5 Å². The van der Waals surface area contributed by atoms with E-state index >= 15 is 0 Å². The van der Waals surface area contributed by atoms with Crippen molar-refractivity contribution >= 4 is 50.9 Å². The maximum atomic E-state index is 13.2. The Bertz CT molecular complexity index is 1050. The largest absolute Gasteiger partial charge is 0.465 e. The summed E-state index contributed by atoms with van der Waals surface area (Å²) in [6.45, 7) is 1.93. The third kappa shape index (κ3) is 5.29. The van der Waals surface area contributed by atoms with Crippen LogP contribution in [0.5, 0.6) is 0 Å². The van der Waals surface area contributed by atoms with Crippen LogP contribution in [0.1, 0.15) is 31.7 Å². The van der Waals surface area contributed by atoms with E-state index in [0.717, 1.165) is 4.47 Å². The Morgan fingerprint density at radius 3 is 2.56 bits per heavy atom. The molecule has 0 fully saturated rings. The van der Waals surface area contributed by atoms with Gasteiger partial charge in [-0.15, -0.1) is 0 Å². The highest BCUT2D eigenvalue weighted by molar-refractivity contribution is 9.10. The Balaban J connectivity index is 1.98. The minimum absolute atomic E-state index is 0.0115. The van der Waals surface area contributed by atoms with Crippen LogP contribution in [0.3, 0.4) is 0 Å². The first kappa shape index (κ1) is 23.8. The fourth-order valence-corrected chi connectivity index (χ4v) is 3.95. The monoisotopic (exact) mass is 516 g/mol. The molecule has 7 nitrogen and oxygen atoms in total. The number of carbonyl (C=O) groups is 2. The molecule has 0 spiro atoms. The fraction of sp³-hybridized carbons (Fsp3) is 0.304. The number of esters is 1. The van der Waals surface area contributed by atoms with E-state index < -0.39 is 17.4 Å². The van der Waals surface area contributed by atoms with Crippen LogP contribution < -0.4 is 5.32 Å². The van der Waals surface area contributed by atoms with Crippen molar-refractivity contribution in [1.29, 1.82) is 5.26 Å². The summed E-state index contributed by atoms with van der Waals surface area (Å²) in [5.41, 5.74) is 0.506. The van der Waals surface area contributed by atoms with Crippen molar-refractivity contribution in [2.45, 2.75) is 26.2 Å². The van der Waals surface area contributed by atoms with Crippen molar-refractivity contribution in [3.05, 3.63) is 63.6 Å². The summed E-state index contributed by atoms with van der Waals surface area (Å²) >= 11 is 9.40. The number of hydrogen-bond acceptors (Lipinski definition) is 5. The summed E-state index contributed by atoms with van der Waals surface area (Å²) < 4.78 is 6.29. The first-order valence-electron chi connectivity index (χ1n) is 10.1. The van der Waals surface area contributed by atoms with E-state index in [2.05, 4.69) is 32.4 Å². The van der Waals surface area contributed by atoms with Crippen molar-refractivity contribution in [3.63, 3.8) is 0 Å². The van der Waals surface area contributed by atoms with E-state index in [1.165, 1.54) is 5.01 Å². The van der Waals surface area contributed by atoms with Crippen LogP contribution >= 0.6 is 27.5 Å². The number of nitriles is 1. The molecule has 1 N–H and O–H groups in total. The molecule has 2 amide bonds. The number of unbranched alkanes of at least 4 members (excludes halogenated alkanes) is 1. The number of nitrogens with zero attached hydrogens (tertiary/aromatic N) is 3. The second-order valence-electron chi connectivity index (χ2n) is 7.26. The minimum Gasteiger partial charge on any atom is -0.465 e. The zero-order valence-electron chi connectivity index (χ0n) is 17.5. The SMILES string of the molecule is CCOC(=O)C1(CCCC#N)CN(C(=O)Nc2ccc(Br)cc2)N=C1c1ccc(Cl)cc1. The highest BCUT2D eigenvalue weighted by Gasteiger charge is 2.51. The molecule has 3 rings (SSSR count). The maximum Gasteiger partial charge on any atom is 0.342 e. The van der Waals surface area contributed by atoms with Crippen molar-refractivity contribution < 1.29 is 14.3 Å². The third-order valence-electron chi connectivity index (χ3n) is 5.10. The first-order chi connectivity index (χ1) is 15.4. The second kappa shape index (κ2) is 10.6. The lowest BCUT2D eigenvalue weighted by Gasteiger charge is -2.28. The summed E-state index contributed by atoms with van der Waals surface area (Å²) in [6.07, 6.45) is 1.06. The van der Waals surface area contributed by atoms with Gasteiger partial charge in [-0.2, -0.15) is 10.4 Å². The lowest BCUT2D eigenvalue weighted by atomic mass is 9.76. The number of urea groups is 1. The molecule has 1 aliphatic heterocycles. The van der Waals surface area contributed by atoms with Gasteiger partial charge in [0.25, 0.3) is 0 Å². The van der Waals surface area contributed by atoms with E-state index in [1.54, 1.807) is 43.3 Å². The van der Waals surface area contributed by atoms with Crippen LogP contribution in [0.25, 0.3) is 0 Å². The average Bonchev–Trinajstić information content (AvgIpc) is 3.17. The Labute approximate surface area is 200 Å². The van der Waals surface area contributed by atoms with Crippen molar-refractivity contribution in [3.8, 4) is 6.07 Å². The van der Waals surface area contributed by atoms with Crippen LogP contribution in [0.4, 0.5) is 10.5 Å². The molecule has 1 unspecified atom stereocenters. The lowest BCUT2D eigenvalue weighted by Crippen LogP contribution is -2.44. The Hall–Kier alpha value is -2.89. The quantitative estimate of drug-likeness (QED) is 0.382. The molecule has 1 aliphatic rings. The van der Waals surface area contributed by atoms with Gasteiger partial charge in [-0.25, -0.2) is 9.80 Å². The number of benzene rings is 2. The molecule has 0 saturated heterocycles. The molecular formula is C23H22BrClN4O3. The average molecular weight is 518 g/mol.